The Morgan fingerprint density at radius 3 is 2.88 bits per heavy atom. The first kappa shape index (κ1) is 13.2. The summed E-state index contributed by atoms with van der Waals surface area (Å²) in [5.74, 6) is 0.890. The van der Waals surface area contributed by atoms with E-state index < -0.39 is 0 Å². The third-order valence-electron chi connectivity index (χ3n) is 2.16. The molecule has 0 saturated carbocycles. The number of ether oxygens (including phenoxy) is 1. The molecule has 0 spiro atoms. The molecular formula is C11H15BrN2O2. The number of furan rings is 1. The molecule has 1 rings (SSSR count). The van der Waals surface area contributed by atoms with Gasteiger partial charge in [0.15, 0.2) is 4.67 Å². The molecule has 5 heteroatoms. The van der Waals surface area contributed by atoms with Crippen LogP contribution in [0.4, 0.5) is 0 Å². The van der Waals surface area contributed by atoms with Gasteiger partial charge in [-0.05, 0) is 28.1 Å². The van der Waals surface area contributed by atoms with Gasteiger partial charge in [-0.15, -0.1) is 0 Å². The highest BCUT2D eigenvalue weighted by atomic mass is 79.9. The van der Waals surface area contributed by atoms with Gasteiger partial charge in [0.2, 0.25) is 0 Å². The van der Waals surface area contributed by atoms with Crippen LogP contribution in [0.3, 0.4) is 0 Å². The van der Waals surface area contributed by atoms with Crippen LogP contribution in [0.1, 0.15) is 12.2 Å². The summed E-state index contributed by atoms with van der Waals surface area (Å²) in [7, 11) is 1.67. The van der Waals surface area contributed by atoms with Gasteiger partial charge in [0.1, 0.15) is 5.76 Å². The van der Waals surface area contributed by atoms with Crippen molar-refractivity contribution in [3.8, 4) is 6.07 Å². The van der Waals surface area contributed by atoms with Gasteiger partial charge < -0.3 is 9.15 Å². The van der Waals surface area contributed by atoms with Crippen molar-refractivity contribution in [3.05, 3.63) is 22.6 Å². The minimum Gasteiger partial charge on any atom is -0.453 e. The van der Waals surface area contributed by atoms with Gasteiger partial charge in [0.05, 0.1) is 19.2 Å². The van der Waals surface area contributed by atoms with Crippen molar-refractivity contribution in [2.24, 2.45) is 0 Å². The number of methoxy groups -OCH3 is 1. The van der Waals surface area contributed by atoms with E-state index in [1.54, 1.807) is 7.11 Å². The number of rotatable bonds is 7. The van der Waals surface area contributed by atoms with Crippen molar-refractivity contribution in [2.45, 2.75) is 13.0 Å². The first-order valence-corrected chi connectivity index (χ1v) is 5.88. The molecule has 0 aliphatic carbocycles. The molecule has 0 radical (unpaired) electrons. The molecule has 0 fully saturated rings. The molecule has 0 aromatic carbocycles. The van der Waals surface area contributed by atoms with Crippen molar-refractivity contribution in [2.75, 3.05) is 26.8 Å². The molecule has 88 valence electrons. The second kappa shape index (κ2) is 7.44. The molecule has 16 heavy (non-hydrogen) atoms. The Labute approximate surface area is 104 Å². The van der Waals surface area contributed by atoms with Gasteiger partial charge >= 0.3 is 0 Å². The van der Waals surface area contributed by atoms with Crippen LogP contribution < -0.4 is 0 Å². The largest absolute Gasteiger partial charge is 0.453 e. The Bertz CT molecular complexity index is 346. The van der Waals surface area contributed by atoms with Crippen LogP contribution in [0.25, 0.3) is 0 Å². The van der Waals surface area contributed by atoms with Crippen LogP contribution in [-0.4, -0.2) is 31.7 Å². The van der Waals surface area contributed by atoms with E-state index in [-0.39, 0.29) is 0 Å². The van der Waals surface area contributed by atoms with E-state index in [9.17, 15) is 0 Å². The van der Waals surface area contributed by atoms with Crippen LogP contribution in [0.2, 0.25) is 0 Å². The van der Waals surface area contributed by atoms with Gasteiger partial charge in [-0.1, -0.05) is 0 Å². The highest BCUT2D eigenvalue weighted by molar-refractivity contribution is 9.10. The number of halogens is 1. The second-order valence-electron chi connectivity index (χ2n) is 3.38. The summed E-state index contributed by atoms with van der Waals surface area (Å²) >= 11 is 3.27. The third kappa shape index (κ3) is 4.79. The van der Waals surface area contributed by atoms with Crippen molar-refractivity contribution in [1.29, 1.82) is 5.26 Å². The SMILES string of the molecule is COCCN(CCC#N)Cc1ccc(Br)o1. The van der Waals surface area contributed by atoms with Crippen molar-refractivity contribution < 1.29 is 9.15 Å². The lowest BCUT2D eigenvalue weighted by molar-refractivity contribution is 0.140. The highest BCUT2D eigenvalue weighted by Gasteiger charge is 2.08. The standard InChI is InChI=1S/C11H15BrN2O2/c1-15-8-7-14(6-2-5-13)9-10-3-4-11(12)16-10/h3-4H,2,6-9H2,1H3. The molecule has 0 N–H and O–H groups in total. The quantitative estimate of drug-likeness (QED) is 0.772. The van der Waals surface area contributed by atoms with Gasteiger partial charge in [-0.2, -0.15) is 5.26 Å². The maximum absolute atomic E-state index is 8.57. The van der Waals surface area contributed by atoms with Gasteiger partial charge in [0.25, 0.3) is 0 Å². The van der Waals surface area contributed by atoms with Crippen LogP contribution in [0.15, 0.2) is 21.2 Å². The topological polar surface area (TPSA) is 49.4 Å². The van der Waals surface area contributed by atoms with E-state index in [1.807, 2.05) is 12.1 Å². The Morgan fingerprint density at radius 1 is 1.50 bits per heavy atom. The number of nitrogens with zero attached hydrogens (tertiary/aromatic N) is 2. The molecule has 0 saturated heterocycles. The Hall–Kier alpha value is -0.830. The molecule has 0 aliphatic rings. The zero-order chi connectivity index (χ0) is 11.8. The molecule has 0 unspecified atom stereocenters. The molecule has 1 aromatic rings. The monoisotopic (exact) mass is 286 g/mol. The lowest BCUT2D eigenvalue weighted by Crippen LogP contribution is -2.27. The normalized spacial score (nSPS) is 10.6. The summed E-state index contributed by atoms with van der Waals surface area (Å²) in [6.07, 6.45) is 0.519. The minimum absolute atomic E-state index is 0.519. The summed E-state index contributed by atoms with van der Waals surface area (Å²) < 4.78 is 11.2. The zero-order valence-corrected chi connectivity index (χ0v) is 10.9. The molecule has 0 amide bonds. The van der Waals surface area contributed by atoms with Gasteiger partial charge in [-0.25, -0.2) is 0 Å². The number of nitriles is 1. The summed E-state index contributed by atoms with van der Waals surface area (Å²) in [6, 6.07) is 5.94. The fraction of sp³-hybridized carbons (Fsp3) is 0.545. The Morgan fingerprint density at radius 2 is 2.31 bits per heavy atom. The van der Waals surface area contributed by atoms with Crippen LogP contribution in [0.5, 0.6) is 0 Å². The summed E-state index contributed by atoms with van der Waals surface area (Å²) in [5, 5.41) is 8.57. The van der Waals surface area contributed by atoms with Crippen molar-refractivity contribution >= 4 is 15.9 Å². The van der Waals surface area contributed by atoms with E-state index in [0.717, 1.165) is 23.5 Å². The number of hydrogen-bond acceptors (Lipinski definition) is 4. The van der Waals surface area contributed by atoms with Crippen LogP contribution in [-0.2, 0) is 11.3 Å². The fourth-order valence-corrected chi connectivity index (χ4v) is 1.70. The summed E-state index contributed by atoms with van der Waals surface area (Å²) in [5.41, 5.74) is 0. The molecule has 0 aliphatic heterocycles. The van der Waals surface area contributed by atoms with Crippen molar-refractivity contribution in [3.63, 3.8) is 0 Å². The Kier molecular flexibility index (Phi) is 6.16. The first-order chi connectivity index (χ1) is 7.76. The Balaban J connectivity index is 2.45. The minimum atomic E-state index is 0.519. The van der Waals surface area contributed by atoms with E-state index in [1.165, 1.54) is 0 Å². The van der Waals surface area contributed by atoms with Gasteiger partial charge in [0, 0.05) is 26.6 Å². The maximum atomic E-state index is 8.57. The smallest absolute Gasteiger partial charge is 0.169 e. The average Bonchev–Trinajstić information content (AvgIpc) is 2.68. The maximum Gasteiger partial charge on any atom is 0.169 e. The molecule has 1 aromatic heterocycles. The van der Waals surface area contributed by atoms with E-state index >= 15 is 0 Å². The zero-order valence-electron chi connectivity index (χ0n) is 9.28. The molecule has 4 nitrogen and oxygen atoms in total. The molecule has 0 atom stereocenters. The average molecular weight is 287 g/mol. The lowest BCUT2D eigenvalue weighted by atomic mass is 10.3. The van der Waals surface area contributed by atoms with E-state index in [2.05, 4.69) is 26.9 Å². The van der Waals surface area contributed by atoms with E-state index in [0.29, 0.717) is 19.6 Å². The van der Waals surface area contributed by atoms with E-state index in [4.69, 9.17) is 14.4 Å². The molecule has 1 heterocycles. The first-order valence-electron chi connectivity index (χ1n) is 5.08. The third-order valence-corrected chi connectivity index (χ3v) is 2.59. The van der Waals surface area contributed by atoms with Crippen molar-refractivity contribution in [1.82, 2.24) is 4.90 Å². The lowest BCUT2D eigenvalue weighted by Gasteiger charge is -2.19. The van der Waals surface area contributed by atoms with Crippen LogP contribution in [0, 0.1) is 11.3 Å². The highest BCUT2D eigenvalue weighted by Crippen LogP contribution is 2.15. The van der Waals surface area contributed by atoms with Gasteiger partial charge in [-0.3, -0.25) is 4.90 Å². The predicted octanol–water partition coefficient (Wildman–Crippen LogP) is 2.40. The summed E-state index contributed by atoms with van der Waals surface area (Å²) in [6.45, 7) is 2.90. The summed E-state index contributed by atoms with van der Waals surface area (Å²) in [4.78, 5) is 2.14. The fourth-order valence-electron chi connectivity index (χ4n) is 1.36. The molecule has 0 bridgehead atoms. The molecular weight excluding hydrogens is 272 g/mol. The second-order valence-corrected chi connectivity index (χ2v) is 4.16. The van der Waals surface area contributed by atoms with Crippen LogP contribution >= 0.6 is 15.9 Å². The predicted molar refractivity (Wildman–Crippen MR) is 63.8 cm³/mol. The number of hydrogen-bond donors (Lipinski definition) is 0.